The molecule has 1 fully saturated rings. The van der Waals surface area contributed by atoms with E-state index in [9.17, 15) is 20.1 Å². The van der Waals surface area contributed by atoms with E-state index < -0.39 is 36.7 Å². The van der Waals surface area contributed by atoms with Gasteiger partial charge in [-0.3, -0.25) is 14.3 Å². The van der Waals surface area contributed by atoms with E-state index in [2.05, 4.69) is 25.2 Å². The standard InChI is InChI=1S/C17H19N7O6/c1-29-8-4-2-7(3-5-8)22-23-17-19-10-13(20-16(18)21-14(10)28)24(17)15-12(27)11(26)9(6-25)30-15/h2-5,9,11-12,15,25-27H,6H2,1H3,(H3,18,20,21,28)/t9-,11+,12?,15-/m1/s1. The highest BCUT2D eigenvalue weighted by Gasteiger charge is 2.45. The summed E-state index contributed by atoms with van der Waals surface area (Å²) in [5.41, 5.74) is 5.37. The molecule has 3 aromatic rings. The number of imidazole rings is 1. The van der Waals surface area contributed by atoms with Gasteiger partial charge in [0.1, 0.15) is 24.1 Å². The summed E-state index contributed by atoms with van der Waals surface area (Å²) < 4.78 is 11.8. The van der Waals surface area contributed by atoms with E-state index in [1.54, 1.807) is 24.3 Å². The van der Waals surface area contributed by atoms with Gasteiger partial charge in [0.2, 0.25) is 5.95 Å². The Bertz CT molecular complexity index is 1140. The Labute approximate surface area is 168 Å². The van der Waals surface area contributed by atoms with Crippen molar-refractivity contribution in [3.05, 3.63) is 34.6 Å². The van der Waals surface area contributed by atoms with Crippen LogP contribution in [-0.2, 0) is 4.74 Å². The summed E-state index contributed by atoms with van der Waals surface area (Å²) >= 11 is 0. The first-order valence-electron chi connectivity index (χ1n) is 8.89. The highest BCUT2D eigenvalue weighted by molar-refractivity contribution is 5.74. The van der Waals surface area contributed by atoms with Crippen LogP contribution < -0.4 is 16.0 Å². The predicted molar refractivity (Wildman–Crippen MR) is 103 cm³/mol. The number of azo groups is 1. The molecule has 1 unspecified atom stereocenters. The maximum Gasteiger partial charge on any atom is 0.280 e. The molecule has 0 bridgehead atoms. The second-order valence-corrected chi connectivity index (χ2v) is 6.53. The van der Waals surface area contributed by atoms with Crippen LogP contribution in [-0.4, -0.2) is 66.9 Å². The Morgan fingerprint density at radius 3 is 2.60 bits per heavy atom. The van der Waals surface area contributed by atoms with E-state index in [1.807, 2.05) is 0 Å². The lowest BCUT2D eigenvalue weighted by molar-refractivity contribution is -0.0503. The summed E-state index contributed by atoms with van der Waals surface area (Å²) in [4.78, 5) is 22.8. The number of anilines is 1. The number of ether oxygens (including phenoxy) is 2. The number of aliphatic hydroxyl groups is 3. The highest BCUT2D eigenvalue weighted by Crippen LogP contribution is 2.35. The molecule has 1 aliphatic rings. The van der Waals surface area contributed by atoms with Crippen molar-refractivity contribution in [1.29, 1.82) is 0 Å². The quantitative estimate of drug-likeness (QED) is 0.348. The van der Waals surface area contributed by atoms with Crippen molar-refractivity contribution in [2.24, 2.45) is 10.2 Å². The number of nitrogen functional groups attached to an aromatic ring is 1. The number of nitrogens with one attached hydrogen (secondary N) is 1. The van der Waals surface area contributed by atoms with Gasteiger partial charge in [0.05, 0.1) is 19.4 Å². The molecule has 158 valence electrons. The third kappa shape index (κ3) is 3.39. The van der Waals surface area contributed by atoms with Crippen LogP contribution in [0.2, 0.25) is 0 Å². The smallest absolute Gasteiger partial charge is 0.280 e. The minimum atomic E-state index is -1.45. The number of nitrogens with two attached hydrogens (primary N) is 1. The van der Waals surface area contributed by atoms with E-state index in [1.165, 1.54) is 11.7 Å². The van der Waals surface area contributed by atoms with Gasteiger partial charge in [0.25, 0.3) is 11.5 Å². The molecule has 4 rings (SSSR count). The van der Waals surface area contributed by atoms with E-state index in [-0.39, 0.29) is 23.1 Å². The van der Waals surface area contributed by atoms with E-state index in [4.69, 9.17) is 15.2 Å². The topological polar surface area (TPSA) is 193 Å². The molecule has 4 atom stereocenters. The summed E-state index contributed by atoms with van der Waals surface area (Å²) in [6, 6.07) is 6.70. The van der Waals surface area contributed by atoms with Crippen LogP contribution >= 0.6 is 0 Å². The Balaban J connectivity index is 1.82. The number of H-pyrrole nitrogens is 1. The number of nitrogens with zero attached hydrogens (tertiary/aromatic N) is 5. The number of methoxy groups -OCH3 is 1. The molecule has 1 aliphatic heterocycles. The molecule has 0 spiro atoms. The molecule has 0 aliphatic carbocycles. The van der Waals surface area contributed by atoms with Crippen LogP contribution in [0.3, 0.4) is 0 Å². The van der Waals surface area contributed by atoms with Gasteiger partial charge in [0.15, 0.2) is 17.4 Å². The molecule has 0 saturated carbocycles. The van der Waals surface area contributed by atoms with Crippen molar-refractivity contribution in [3.63, 3.8) is 0 Å². The van der Waals surface area contributed by atoms with Crippen molar-refractivity contribution in [2.45, 2.75) is 24.5 Å². The molecule has 6 N–H and O–H groups in total. The van der Waals surface area contributed by atoms with Crippen molar-refractivity contribution in [1.82, 2.24) is 19.5 Å². The van der Waals surface area contributed by atoms with Gasteiger partial charge in [-0.1, -0.05) is 0 Å². The fraction of sp³-hybridized carbons (Fsp3) is 0.353. The fourth-order valence-electron chi connectivity index (χ4n) is 3.14. The Morgan fingerprint density at radius 1 is 1.23 bits per heavy atom. The second-order valence-electron chi connectivity index (χ2n) is 6.53. The van der Waals surface area contributed by atoms with E-state index >= 15 is 0 Å². The highest BCUT2D eigenvalue weighted by atomic mass is 16.6. The van der Waals surface area contributed by atoms with Crippen molar-refractivity contribution in [3.8, 4) is 5.75 Å². The molecule has 0 amide bonds. The van der Waals surface area contributed by atoms with Gasteiger partial charge < -0.3 is 30.5 Å². The number of aliphatic hydroxyl groups excluding tert-OH is 3. The van der Waals surface area contributed by atoms with Crippen LogP contribution in [0.1, 0.15) is 6.23 Å². The zero-order valence-electron chi connectivity index (χ0n) is 15.7. The van der Waals surface area contributed by atoms with Gasteiger partial charge in [-0.25, -0.2) is 4.98 Å². The predicted octanol–water partition coefficient (Wildman–Crippen LogP) is -0.263. The number of hydrogen-bond donors (Lipinski definition) is 5. The Hall–Kier alpha value is -3.39. The average Bonchev–Trinajstić information content (AvgIpc) is 3.24. The summed E-state index contributed by atoms with van der Waals surface area (Å²) in [7, 11) is 1.54. The number of rotatable bonds is 5. The zero-order valence-corrected chi connectivity index (χ0v) is 15.7. The summed E-state index contributed by atoms with van der Waals surface area (Å²) in [5.74, 6) is 0.345. The van der Waals surface area contributed by atoms with Crippen LogP contribution in [0.4, 0.5) is 17.6 Å². The first-order chi connectivity index (χ1) is 14.4. The van der Waals surface area contributed by atoms with E-state index in [0.717, 1.165) is 0 Å². The molecule has 0 radical (unpaired) electrons. The van der Waals surface area contributed by atoms with Crippen molar-refractivity contribution < 1.29 is 24.8 Å². The normalized spacial score (nSPS) is 24.1. The van der Waals surface area contributed by atoms with Gasteiger partial charge >= 0.3 is 0 Å². The largest absolute Gasteiger partial charge is 0.497 e. The number of fused-ring (bicyclic) bond motifs is 1. The first-order valence-corrected chi connectivity index (χ1v) is 8.89. The van der Waals surface area contributed by atoms with Gasteiger partial charge in [-0.2, -0.15) is 4.98 Å². The van der Waals surface area contributed by atoms with Gasteiger partial charge in [0, 0.05) is 0 Å². The van der Waals surface area contributed by atoms with Crippen LogP contribution in [0.5, 0.6) is 5.75 Å². The molecule has 1 saturated heterocycles. The molecule has 3 heterocycles. The summed E-state index contributed by atoms with van der Waals surface area (Å²) in [6.07, 6.45) is -5.10. The van der Waals surface area contributed by atoms with Crippen molar-refractivity contribution in [2.75, 3.05) is 19.5 Å². The van der Waals surface area contributed by atoms with Gasteiger partial charge in [-0.15, -0.1) is 10.2 Å². The molecular weight excluding hydrogens is 398 g/mol. The minimum absolute atomic E-state index is 0.0187. The molecule has 13 nitrogen and oxygen atoms in total. The summed E-state index contributed by atoms with van der Waals surface area (Å²) in [6.45, 7) is -0.528. The van der Waals surface area contributed by atoms with Crippen molar-refractivity contribution >= 4 is 28.7 Å². The van der Waals surface area contributed by atoms with Crippen LogP contribution in [0.25, 0.3) is 11.2 Å². The summed E-state index contributed by atoms with van der Waals surface area (Å²) in [5, 5.41) is 38.1. The minimum Gasteiger partial charge on any atom is -0.497 e. The second kappa shape index (κ2) is 7.79. The average molecular weight is 417 g/mol. The number of aromatic amines is 1. The number of benzene rings is 1. The maximum absolute atomic E-state index is 12.3. The lowest BCUT2D eigenvalue weighted by atomic mass is 10.1. The third-order valence-corrected chi connectivity index (χ3v) is 4.65. The lowest BCUT2D eigenvalue weighted by Crippen LogP contribution is -2.33. The molecule has 2 aromatic heterocycles. The monoisotopic (exact) mass is 417 g/mol. The Morgan fingerprint density at radius 2 is 1.97 bits per heavy atom. The van der Waals surface area contributed by atoms with Gasteiger partial charge in [-0.05, 0) is 24.3 Å². The van der Waals surface area contributed by atoms with E-state index in [0.29, 0.717) is 11.4 Å². The number of hydrogen-bond acceptors (Lipinski definition) is 11. The molecule has 30 heavy (non-hydrogen) atoms. The Kier molecular flexibility index (Phi) is 5.17. The molecule has 13 heteroatoms. The molecule has 1 aromatic carbocycles. The molecular formula is C17H19N7O6. The fourth-order valence-corrected chi connectivity index (χ4v) is 3.14. The number of aromatic nitrogens is 4. The van der Waals surface area contributed by atoms with Crippen LogP contribution in [0, 0.1) is 0 Å². The zero-order chi connectivity index (χ0) is 21.4. The lowest BCUT2D eigenvalue weighted by Gasteiger charge is -2.17. The maximum atomic E-state index is 12.3. The first kappa shape index (κ1) is 19.9. The third-order valence-electron chi connectivity index (χ3n) is 4.65. The van der Waals surface area contributed by atoms with Crippen LogP contribution in [0.15, 0.2) is 39.3 Å². The SMILES string of the molecule is COc1ccc(N=Nc2nc3c(=O)[nH]c(N)nc3n2[C@@H]2O[C@H](CO)[C@H](O)C2O)cc1.